The smallest absolute Gasteiger partial charge is 0.327 e. The second-order valence-corrected chi connectivity index (χ2v) is 5.74. The molecule has 1 amide bonds. The number of carbonyl (C=O) groups excluding carboxylic acids is 1. The standard InChI is InChI=1S/C13H17NO4S/c1-3-4-11-14(10(7-19-11)13(16)17)12(15)9-5-6-18-8(9)2/h5-6,10-11H,3-4,7H2,1-2H3,(H,16,17). The summed E-state index contributed by atoms with van der Waals surface area (Å²) in [6, 6.07) is 0.853. The van der Waals surface area contributed by atoms with Crippen molar-refractivity contribution < 1.29 is 19.1 Å². The molecule has 1 fully saturated rings. The van der Waals surface area contributed by atoms with Crippen molar-refractivity contribution in [2.45, 2.75) is 38.1 Å². The van der Waals surface area contributed by atoms with Gasteiger partial charge >= 0.3 is 5.97 Å². The molecule has 19 heavy (non-hydrogen) atoms. The van der Waals surface area contributed by atoms with Gasteiger partial charge < -0.3 is 14.4 Å². The maximum atomic E-state index is 12.5. The number of amides is 1. The van der Waals surface area contributed by atoms with Gasteiger partial charge in [-0.2, -0.15) is 0 Å². The lowest BCUT2D eigenvalue weighted by atomic mass is 10.1. The molecule has 1 saturated heterocycles. The van der Waals surface area contributed by atoms with Crippen LogP contribution in [-0.4, -0.2) is 39.1 Å². The lowest BCUT2D eigenvalue weighted by Gasteiger charge is -2.27. The quantitative estimate of drug-likeness (QED) is 0.918. The molecular formula is C13H17NO4S. The Morgan fingerprint density at radius 3 is 2.84 bits per heavy atom. The van der Waals surface area contributed by atoms with Crippen LogP contribution in [0.25, 0.3) is 0 Å². The molecule has 2 unspecified atom stereocenters. The van der Waals surface area contributed by atoms with Gasteiger partial charge in [-0.3, -0.25) is 4.79 Å². The summed E-state index contributed by atoms with van der Waals surface area (Å²) in [5.74, 6) is -0.216. The molecule has 2 heterocycles. The van der Waals surface area contributed by atoms with Crippen molar-refractivity contribution in [1.29, 1.82) is 0 Å². The summed E-state index contributed by atoms with van der Waals surface area (Å²) in [4.78, 5) is 25.3. The summed E-state index contributed by atoms with van der Waals surface area (Å²) in [6.07, 6.45) is 3.17. The largest absolute Gasteiger partial charge is 0.480 e. The normalized spacial score (nSPS) is 22.7. The molecule has 1 aliphatic rings. The SMILES string of the molecule is CCCC1SCC(C(=O)O)N1C(=O)c1ccoc1C. The van der Waals surface area contributed by atoms with Crippen LogP contribution in [-0.2, 0) is 4.79 Å². The molecule has 0 bridgehead atoms. The summed E-state index contributed by atoms with van der Waals surface area (Å²) in [5, 5.41) is 9.19. The van der Waals surface area contributed by atoms with E-state index in [0.29, 0.717) is 17.1 Å². The number of rotatable bonds is 4. The summed E-state index contributed by atoms with van der Waals surface area (Å²) >= 11 is 1.54. The summed E-state index contributed by atoms with van der Waals surface area (Å²) < 4.78 is 5.13. The van der Waals surface area contributed by atoms with E-state index in [-0.39, 0.29) is 11.3 Å². The third-order valence-corrected chi connectivity index (χ3v) is 4.59. The number of carboxylic acids is 1. The molecular weight excluding hydrogens is 266 g/mol. The van der Waals surface area contributed by atoms with Crippen molar-refractivity contribution in [2.75, 3.05) is 5.75 Å². The number of carbonyl (C=O) groups is 2. The van der Waals surface area contributed by atoms with E-state index < -0.39 is 12.0 Å². The first kappa shape index (κ1) is 14.0. The van der Waals surface area contributed by atoms with Crippen LogP contribution >= 0.6 is 11.8 Å². The lowest BCUT2D eigenvalue weighted by Crippen LogP contribution is -2.45. The number of thioether (sulfide) groups is 1. The number of carboxylic acid groups (broad SMARTS) is 1. The Balaban J connectivity index is 2.28. The maximum absolute atomic E-state index is 12.5. The first-order valence-corrected chi connectivity index (χ1v) is 7.32. The second-order valence-electron chi connectivity index (χ2n) is 4.53. The zero-order valence-corrected chi connectivity index (χ0v) is 11.8. The molecule has 0 spiro atoms. The van der Waals surface area contributed by atoms with Crippen molar-refractivity contribution in [3.8, 4) is 0 Å². The van der Waals surface area contributed by atoms with Crippen LogP contribution in [0.4, 0.5) is 0 Å². The Labute approximate surface area is 116 Å². The summed E-state index contributed by atoms with van der Waals surface area (Å²) in [7, 11) is 0. The van der Waals surface area contributed by atoms with Gasteiger partial charge in [-0.25, -0.2) is 4.79 Å². The molecule has 0 aliphatic carbocycles. The predicted molar refractivity (Wildman–Crippen MR) is 72.2 cm³/mol. The fourth-order valence-corrected chi connectivity index (χ4v) is 3.75. The highest BCUT2D eigenvalue weighted by Gasteiger charge is 2.42. The van der Waals surface area contributed by atoms with Gasteiger partial charge in [0.25, 0.3) is 5.91 Å². The number of nitrogens with zero attached hydrogens (tertiary/aromatic N) is 1. The van der Waals surface area contributed by atoms with Crippen LogP contribution in [0.15, 0.2) is 16.7 Å². The molecule has 0 aromatic carbocycles. The third-order valence-electron chi connectivity index (χ3n) is 3.24. The van der Waals surface area contributed by atoms with Gasteiger partial charge in [0.1, 0.15) is 11.8 Å². The van der Waals surface area contributed by atoms with E-state index in [1.807, 2.05) is 6.92 Å². The number of hydrogen-bond acceptors (Lipinski definition) is 4. The molecule has 104 valence electrons. The van der Waals surface area contributed by atoms with Crippen LogP contribution in [0.2, 0.25) is 0 Å². The van der Waals surface area contributed by atoms with Gasteiger partial charge in [0.15, 0.2) is 0 Å². The van der Waals surface area contributed by atoms with Crippen LogP contribution in [0.5, 0.6) is 0 Å². The Hall–Kier alpha value is -1.43. The number of aryl methyl sites for hydroxylation is 1. The number of aliphatic carboxylic acids is 1. The fraction of sp³-hybridized carbons (Fsp3) is 0.538. The van der Waals surface area contributed by atoms with Crippen molar-refractivity contribution >= 4 is 23.6 Å². The Bertz CT molecular complexity index is 485. The van der Waals surface area contributed by atoms with Crippen molar-refractivity contribution in [3.63, 3.8) is 0 Å². The zero-order valence-electron chi connectivity index (χ0n) is 11.0. The van der Waals surface area contributed by atoms with Gasteiger partial charge in [-0.1, -0.05) is 13.3 Å². The Morgan fingerprint density at radius 2 is 2.32 bits per heavy atom. The van der Waals surface area contributed by atoms with Gasteiger partial charge in [-0.05, 0) is 19.4 Å². The van der Waals surface area contributed by atoms with E-state index in [0.717, 1.165) is 12.8 Å². The average Bonchev–Trinajstić information content (AvgIpc) is 2.95. The van der Waals surface area contributed by atoms with Gasteiger partial charge in [0.05, 0.1) is 17.2 Å². The molecule has 2 rings (SSSR count). The highest BCUT2D eigenvalue weighted by atomic mass is 32.2. The molecule has 0 saturated carbocycles. The van der Waals surface area contributed by atoms with E-state index in [1.165, 1.54) is 22.9 Å². The predicted octanol–water partition coefficient (Wildman–Crippen LogP) is 2.36. The molecule has 1 aliphatic heterocycles. The van der Waals surface area contributed by atoms with Gasteiger partial charge in [0, 0.05) is 5.75 Å². The monoisotopic (exact) mass is 283 g/mol. The van der Waals surface area contributed by atoms with Crippen LogP contribution in [0.3, 0.4) is 0 Å². The second kappa shape index (κ2) is 5.69. The topological polar surface area (TPSA) is 70.8 Å². The van der Waals surface area contributed by atoms with Crippen LogP contribution < -0.4 is 0 Å². The van der Waals surface area contributed by atoms with E-state index in [9.17, 15) is 14.7 Å². The van der Waals surface area contributed by atoms with E-state index in [1.54, 1.807) is 13.0 Å². The van der Waals surface area contributed by atoms with E-state index in [4.69, 9.17) is 4.42 Å². The highest BCUT2D eigenvalue weighted by Crippen LogP contribution is 2.34. The summed E-state index contributed by atoms with van der Waals surface area (Å²) in [5.41, 5.74) is 0.454. The Morgan fingerprint density at radius 1 is 1.58 bits per heavy atom. The van der Waals surface area contributed by atoms with E-state index in [2.05, 4.69) is 0 Å². The van der Waals surface area contributed by atoms with Crippen LogP contribution in [0.1, 0.15) is 35.9 Å². The third kappa shape index (κ3) is 2.63. The average molecular weight is 283 g/mol. The minimum atomic E-state index is -0.944. The van der Waals surface area contributed by atoms with Gasteiger partial charge in [-0.15, -0.1) is 11.8 Å². The molecule has 6 heteroatoms. The fourth-order valence-electron chi connectivity index (χ4n) is 2.24. The summed E-state index contributed by atoms with van der Waals surface area (Å²) in [6.45, 7) is 3.74. The first-order chi connectivity index (χ1) is 9.06. The highest BCUT2D eigenvalue weighted by molar-refractivity contribution is 8.00. The molecule has 1 aromatic heterocycles. The molecule has 1 N–H and O–H groups in total. The zero-order chi connectivity index (χ0) is 14.0. The number of furan rings is 1. The van der Waals surface area contributed by atoms with Crippen molar-refractivity contribution in [2.24, 2.45) is 0 Å². The van der Waals surface area contributed by atoms with E-state index >= 15 is 0 Å². The molecule has 2 atom stereocenters. The Kier molecular flexibility index (Phi) is 4.19. The minimum Gasteiger partial charge on any atom is -0.480 e. The van der Waals surface area contributed by atoms with Crippen molar-refractivity contribution in [3.05, 3.63) is 23.7 Å². The molecule has 1 aromatic rings. The lowest BCUT2D eigenvalue weighted by molar-refractivity contribution is -0.141. The minimum absolute atomic E-state index is 0.0621. The first-order valence-electron chi connectivity index (χ1n) is 6.27. The molecule has 5 nitrogen and oxygen atoms in total. The van der Waals surface area contributed by atoms with Crippen molar-refractivity contribution in [1.82, 2.24) is 4.90 Å². The van der Waals surface area contributed by atoms with Crippen LogP contribution in [0, 0.1) is 6.92 Å². The number of hydrogen-bond donors (Lipinski definition) is 1. The maximum Gasteiger partial charge on any atom is 0.327 e. The molecule has 0 radical (unpaired) electrons. The van der Waals surface area contributed by atoms with Gasteiger partial charge in [0.2, 0.25) is 0 Å².